The zero-order chi connectivity index (χ0) is 13.1. The van der Waals surface area contributed by atoms with Crippen molar-refractivity contribution in [2.24, 2.45) is 5.92 Å². The van der Waals surface area contributed by atoms with Crippen LogP contribution in [0.1, 0.15) is 6.42 Å². The van der Waals surface area contributed by atoms with Gasteiger partial charge in [-0.05, 0) is 18.2 Å². The normalized spacial score (nSPS) is 19.5. The second-order valence-corrected chi connectivity index (χ2v) is 5.16. The minimum absolute atomic E-state index is 0.0603. The summed E-state index contributed by atoms with van der Waals surface area (Å²) in [6, 6.07) is 7.19. The molecule has 1 heterocycles. The van der Waals surface area contributed by atoms with E-state index in [9.17, 15) is 9.59 Å². The number of hydrogen-bond donors (Lipinski definition) is 2. The summed E-state index contributed by atoms with van der Waals surface area (Å²) in [4.78, 5) is 24.1. The Morgan fingerprint density at radius 1 is 1.56 bits per heavy atom. The van der Waals surface area contributed by atoms with E-state index in [0.29, 0.717) is 13.1 Å². The van der Waals surface area contributed by atoms with Gasteiger partial charge in [-0.2, -0.15) is 0 Å². The van der Waals surface area contributed by atoms with Gasteiger partial charge in [0, 0.05) is 29.2 Å². The molecule has 1 aromatic rings. The lowest BCUT2D eigenvalue weighted by Crippen LogP contribution is -2.51. The van der Waals surface area contributed by atoms with Gasteiger partial charge < -0.3 is 10.4 Å². The number of nitrogens with zero attached hydrogens (tertiary/aromatic N) is 1. The van der Waals surface area contributed by atoms with E-state index in [4.69, 9.17) is 5.11 Å². The smallest absolute Gasteiger partial charge is 0.321 e. The zero-order valence-corrected chi connectivity index (χ0v) is 11.2. The maximum atomic E-state index is 11.8. The summed E-state index contributed by atoms with van der Waals surface area (Å²) in [6.07, 6.45) is 0.0603. The van der Waals surface area contributed by atoms with Gasteiger partial charge in [0.1, 0.15) is 0 Å². The van der Waals surface area contributed by atoms with Gasteiger partial charge in [-0.15, -0.1) is 0 Å². The number of carbonyl (C=O) groups is 2. The maximum absolute atomic E-state index is 11.8. The van der Waals surface area contributed by atoms with Crippen molar-refractivity contribution < 1.29 is 14.7 Å². The van der Waals surface area contributed by atoms with Crippen LogP contribution in [-0.2, 0) is 4.79 Å². The Morgan fingerprint density at radius 3 is 3.00 bits per heavy atom. The molecule has 96 valence electrons. The number of aliphatic carboxylic acids is 1. The van der Waals surface area contributed by atoms with Crippen molar-refractivity contribution >= 4 is 33.6 Å². The molecule has 0 aliphatic carbocycles. The van der Waals surface area contributed by atoms with E-state index in [-0.39, 0.29) is 18.4 Å². The Labute approximate surface area is 113 Å². The molecule has 0 radical (unpaired) electrons. The van der Waals surface area contributed by atoms with Crippen LogP contribution in [0.5, 0.6) is 0 Å². The van der Waals surface area contributed by atoms with Crippen molar-refractivity contribution in [3.63, 3.8) is 0 Å². The first-order valence-corrected chi connectivity index (χ1v) is 6.38. The molecule has 5 nitrogen and oxygen atoms in total. The number of anilines is 1. The lowest BCUT2D eigenvalue weighted by atomic mass is 10.0. The molecule has 1 aliphatic heterocycles. The van der Waals surface area contributed by atoms with E-state index in [2.05, 4.69) is 21.2 Å². The van der Waals surface area contributed by atoms with E-state index in [1.54, 1.807) is 4.90 Å². The molecular formula is C12H13BrN2O3. The molecule has 18 heavy (non-hydrogen) atoms. The van der Waals surface area contributed by atoms with E-state index in [0.717, 1.165) is 10.2 Å². The van der Waals surface area contributed by atoms with Crippen molar-refractivity contribution in [1.82, 2.24) is 5.32 Å². The van der Waals surface area contributed by atoms with E-state index in [1.807, 2.05) is 24.3 Å². The fourth-order valence-corrected chi connectivity index (χ4v) is 2.37. The van der Waals surface area contributed by atoms with Crippen LogP contribution in [0, 0.1) is 5.92 Å². The minimum atomic E-state index is -0.842. The maximum Gasteiger partial charge on any atom is 0.321 e. The second kappa shape index (κ2) is 5.39. The first-order valence-electron chi connectivity index (χ1n) is 5.59. The van der Waals surface area contributed by atoms with Crippen LogP contribution in [0.3, 0.4) is 0 Å². The molecule has 0 aromatic heterocycles. The van der Waals surface area contributed by atoms with Crippen molar-refractivity contribution in [2.75, 3.05) is 18.0 Å². The van der Waals surface area contributed by atoms with Gasteiger partial charge in [0.05, 0.1) is 6.42 Å². The van der Waals surface area contributed by atoms with Gasteiger partial charge in [0.15, 0.2) is 0 Å². The average molecular weight is 313 g/mol. The highest BCUT2D eigenvalue weighted by atomic mass is 79.9. The number of amides is 2. The number of hydrogen-bond acceptors (Lipinski definition) is 2. The predicted octanol–water partition coefficient (Wildman–Crippen LogP) is 2.07. The third kappa shape index (κ3) is 3.01. The first-order chi connectivity index (χ1) is 8.56. The molecule has 0 saturated carbocycles. The molecule has 1 aromatic carbocycles. The Balaban J connectivity index is 2.15. The highest BCUT2D eigenvalue weighted by Crippen LogP contribution is 2.23. The molecule has 6 heteroatoms. The van der Waals surface area contributed by atoms with E-state index >= 15 is 0 Å². The highest BCUT2D eigenvalue weighted by Gasteiger charge is 2.27. The molecule has 2 N–H and O–H groups in total. The zero-order valence-electron chi connectivity index (χ0n) is 9.60. The van der Waals surface area contributed by atoms with Crippen molar-refractivity contribution in [1.29, 1.82) is 0 Å². The summed E-state index contributed by atoms with van der Waals surface area (Å²) >= 11 is 3.35. The molecular weight excluding hydrogens is 300 g/mol. The number of carbonyl (C=O) groups excluding carboxylic acids is 1. The van der Waals surface area contributed by atoms with Crippen LogP contribution in [0.25, 0.3) is 0 Å². The Kier molecular flexibility index (Phi) is 3.86. The van der Waals surface area contributed by atoms with Crippen molar-refractivity contribution in [3.8, 4) is 0 Å². The number of nitrogens with one attached hydrogen (secondary N) is 1. The first kappa shape index (κ1) is 12.9. The third-order valence-corrected chi connectivity index (χ3v) is 3.30. The third-order valence-electron chi connectivity index (χ3n) is 2.81. The lowest BCUT2D eigenvalue weighted by molar-refractivity contribution is -0.138. The van der Waals surface area contributed by atoms with Gasteiger partial charge in [0.25, 0.3) is 0 Å². The molecule has 1 unspecified atom stereocenters. The van der Waals surface area contributed by atoms with Crippen LogP contribution in [0.4, 0.5) is 10.5 Å². The van der Waals surface area contributed by atoms with Gasteiger partial charge in [-0.1, -0.05) is 22.0 Å². The van der Waals surface area contributed by atoms with Crippen LogP contribution in [-0.4, -0.2) is 30.2 Å². The molecule has 1 atom stereocenters. The van der Waals surface area contributed by atoms with Crippen LogP contribution < -0.4 is 10.2 Å². The van der Waals surface area contributed by atoms with Crippen LogP contribution >= 0.6 is 15.9 Å². The Morgan fingerprint density at radius 2 is 2.33 bits per heavy atom. The summed E-state index contributed by atoms with van der Waals surface area (Å²) in [6.45, 7) is 0.838. The number of halogens is 1. The number of rotatable bonds is 3. The Hall–Kier alpha value is -1.56. The molecule has 1 aliphatic rings. The quantitative estimate of drug-likeness (QED) is 0.897. The van der Waals surface area contributed by atoms with Crippen molar-refractivity contribution in [3.05, 3.63) is 28.7 Å². The molecule has 1 fully saturated rings. The largest absolute Gasteiger partial charge is 0.481 e. The Bertz CT molecular complexity index is 478. The number of benzene rings is 1. The monoisotopic (exact) mass is 312 g/mol. The molecule has 0 spiro atoms. The fraction of sp³-hybridized carbons (Fsp3) is 0.333. The summed E-state index contributed by atoms with van der Waals surface area (Å²) in [5, 5.41) is 11.5. The minimum Gasteiger partial charge on any atom is -0.481 e. The van der Waals surface area contributed by atoms with Gasteiger partial charge in [-0.3, -0.25) is 9.69 Å². The summed E-state index contributed by atoms with van der Waals surface area (Å²) < 4.78 is 0.883. The highest BCUT2D eigenvalue weighted by molar-refractivity contribution is 9.10. The van der Waals surface area contributed by atoms with E-state index in [1.165, 1.54) is 0 Å². The number of carboxylic acids is 1. The second-order valence-electron chi connectivity index (χ2n) is 4.24. The molecule has 1 saturated heterocycles. The number of carboxylic acid groups (broad SMARTS) is 1. The summed E-state index contributed by atoms with van der Waals surface area (Å²) in [5.41, 5.74) is 0.761. The van der Waals surface area contributed by atoms with Gasteiger partial charge in [-0.25, -0.2) is 4.79 Å². The SMILES string of the molecule is O=C(O)CC1CNC(=O)N(c2cccc(Br)c2)C1. The standard InChI is InChI=1S/C12H13BrN2O3/c13-9-2-1-3-10(5-9)15-7-8(4-11(16)17)6-14-12(15)18/h1-3,5,8H,4,6-7H2,(H,14,18)(H,16,17). The lowest BCUT2D eigenvalue weighted by Gasteiger charge is -2.32. The predicted molar refractivity (Wildman–Crippen MR) is 70.6 cm³/mol. The topological polar surface area (TPSA) is 69.6 Å². The summed E-state index contributed by atoms with van der Waals surface area (Å²) in [7, 11) is 0. The van der Waals surface area contributed by atoms with E-state index < -0.39 is 5.97 Å². The molecule has 2 amide bonds. The molecule has 2 rings (SSSR count). The van der Waals surface area contributed by atoms with Gasteiger partial charge >= 0.3 is 12.0 Å². The van der Waals surface area contributed by atoms with Gasteiger partial charge in [0.2, 0.25) is 0 Å². The fourth-order valence-electron chi connectivity index (χ4n) is 1.98. The average Bonchev–Trinajstić information content (AvgIpc) is 2.31. The van der Waals surface area contributed by atoms with Crippen molar-refractivity contribution in [2.45, 2.75) is 6.42 Å². The number of urea groups is 1. The van der Waals surface area contributed by atoms with Crippen LogP contribution in [0.15, 0.2) is 28.7 Å². The molecule has 0 bridgehead atoms. The summed E-state index contributed by atoms with van der Waals surface area (Å²) in [5.74, 6) is -0.912. The van der Waals surface area contributed by atoms with Crippen LogP contribution in [0.2, 0.25) is 0 Å².